The third-order valence-corrected chi connectivity index (χ3v) is 4.10. The Labute approximate surface area is 150 Å². The van der Waals surface area contributed by atoms with E-state index in [0.29, 0.717) is 23.7 Å². The van der Waals surface area contributed by atoms with Crippen molar-refractivity contribution in [3.05, 3.63) is 53.6 Å². The highest BCUT2D eigenvalue weighted by Crippen LogP contribution is 2.32. The lowest BCUT2D eigenvalue weighted by atomic mass is 10.0. The summed E-state index contributed by atoms with van der Waals surface area (Å²) in [5.74, 6) is 1.08. The molecular formula is C19H18N2O5. The zero-order valence-electron chi connectivity index (χ0n) is 14.2. The third-order valence-electron chi connectivity index (χ3n) is 4.10. The lowest BCUT2D eigenvalue weighted by molar-refractivity contribution is -0.121. The Kier molecular flexibility index (Phi) is 5.17. The van der Waals surface area contributed by atoms with Crippen LogP contribution in [-0.4, -0.2) is 25.0 Å². The summed E-state index contributed by atoms with van der Waals surface area (Å²) < 4.78 is 11.3. The Morgan fingerprint density at radius 2 is 1.88 bits per heavy atom. The molecule has 0 aromatic heterocycles. The van der Waals surface area contributed by atoms with Crippen molar-refractivity contribution < 1.29 is 23.9 Å². The van der Waals surface area contributed by atoms with Crippen LogP contribution in [0.25, 0.3) is 0 Å². The molecule has 3 rings (SSSR count). The number of benzene rings is 2. The van der Waals surface area contributed by atoms with Gasteiger partial charge >= 0.3 is 6.03 Å². The molecule has 2 aromatic carbocycles. The number of carbonyl (C=O) groups excluding carboxylic acids is 3. The molecular weight excluding hydrogens is 336 g/mol. The van der Waals surface area contributed by atoms with Crippen LogP contribution < -0.4 is 20.1 Å². The van der Waals surface area contributed by atoms with Crippen molar-refractivity contribution in [3.8, 4) is 17.2 Å². The first-order valence-corrected chi connectivity index (χ1v) is 8.15. The molecule has 0 aliphatic carbocycles. The fourth-order valence-corrected chi connectivity index (χ4v) is 2.63. The molecule has 26 heavy (non-hydrogen) atoms. The second-order valence-corrected chi connectivity index (χ2v) is 5.84. The van der Waals surface area contributed by atoms with Crippen molar-refractivity contribution >= 4 is 18.3 Å². The first-order valence-electron chi connectivity index (χ1n) is 8.15. The van der Waals surface area contributed by atoms with Crippen molar-refractivity contribution in [2.45, 2.75) is 19.3 Å². The van der Waals surface area contributed by atoms with Crippen LogP contribution in [0.5, 0.6) is 17.2 Å². The smallest absolute Gasteiger partial charge is 0.327 e. The van der Waals surface area contributed by atoms with Gasteiger partial charge in [0.15, 0.2) is 0 Å². The summed E-state index contributed by atoms with van der Waals surface area (Å²) in [7, 11) is 0. The molecule has 0 saturated carbocycles. The minimum absolute atomic E-state index is 0.212. The average Bonchev–Trinajstić information content (AvgIpc) is 3.09. The van der Waals surface area contributed by atoms with Crippen LogP contribution in [0.2, 0.25) is 0 Å². The Bertz CT molecular complexity index is 832. The van der Waals surface area contributed by atoms with Gasteiger partial charge in [-0.05, 0) is 36.2 Å². The summed E-state index contributed by atoms with van der Waals surface area (Å²) in [5.41, 5.74) is 1.89. The second-order valence-electron chi connectivity index (χ2n) is 5.84. The van der Waals surface area contributed by atoms with E-state index in [1.807, 2.05) is 23.5 Å². The number of rotatable bonds is 5. The van der Waals surface area contributed by atoms with Crippen LogP contribution in [0.1, 0.15) is 24.0 Å². The second kappa shape index (κ2) is 7.69. The number of carbonyl (C=O) groups is 3. The monoisotopic (exact) mass is 354 g/mol. The summed E-state index contributed by atoms with van der Waals surface area (Å²) in [4.78, 5) is 33.4. The lowest BCUT2D eigenvalue weighted by Gasteiger charge is -2.12. The van der Waals surface area contributed by atoms with E-state index in [9.17, 15) is 14.4 Å². The Hall–Kier alpha value is -3.35. The molecule has 1 aliphatic rings. The minimum Gasteiger partial charge on any atom is -0.493 e. The van der Waals surface area contributed by atoms with Gasteiger partial charge in [-0.15, -0.1) is 0 Å². The molecule has 2 N–H and O–H groups in total. The first kappa shape index (κ1) is 17.5. The van der Waals surface area contributed by atoms with Crippen LogP contribution in [-0.2, 0) is 16.0 Å². The minimum atomic E-state index is -0.851. The van der Waals surface area contributed by atoms with E-state index >= 15 is 0 Å². The quantitative estimate of drug-likeness (QED) is 0.805. The number of fused-ring (bicyclic) bond motifs is 1. The molecule has 134 valence electrons. The van der Waals surface area contributed by atoms with Gasteiger partial charge < -0.3 is 9.47 Å². The number of hydrogen-bond acceptors (Lipinski definition) is 5. The van der Waals surface area contributed by atoms with Gasteiger partial charge in [0.05, 0.1) is 12.5 Å². The number of hydrogen-bond donors (Lipinski definition) is 2. The molecule has 7 heteroatoms. The molecule has 0 spiro atoms. The fourth-order valence-electron chi connectivity index (χ4n) is 2.63. The van der Waals surface area contributed by atoms with E-state index in [1.165, 1.54) is 5.56 Å². The van der Waals surface area contributed by atoms with E-state index in [-0.39, 0.29) is 6.41 Å². The molecule has 2 aromatic rings. The first-order chi connectivity index (χ1) is 12.6. The molecule has 7 nitrogen and oxygen atoms in total. The fraction of sp³-hybridized carbons (Fsp3) is 0.211. The van der Waals surface area contributed by atoms with Crippen LogP contribution >= 0.6 is 0 Å². The van der Waals surface area contributed by atoms with Gasteiger partial charge in [-0.25, -0.2) is 4.79 Å². The predicted octanol–water partition coefficient (Wildman–Crippen LogP) is 2.50. The average molecular weight is 354 g/mol. The van der Waals surface area contributed by atoms with Gasteiger partial charge in [-0.3, -0.25) is 20.2 Å². The van der Waals surface area contributed by atoms with Crippen LogP contribution in [0.3, 0.4) is 0 Å². The molecule has 0 bridgehead atoms. The molecule has 1 unspecified atom stereocenters. The number of amides is 4. The Balaban J connectivity index is 1.63. The van der Waals surface area contributed by atoms with Gasteiger partial charge in [0.1, 0.15) is 17.2 Å². The number of nitrogens with one attached hydrogen (secondary N) is 2. The summed E-state index contributed by atoms with van der Waals surface area (Å²) in [6.45, 7) is 2.36. The highest BCUT2D eigenvalue weighted by Gasteiger charge is 2.18. The van der Waals surface area contributed by atoms with Gasteiger partial charge in [0, 0.05) is 12.5 Å². The third kappa shape index (κ3) is 4.00. The number of urea groups is 1. The van der Waals surface area contributed by atoms with Gasteiger partial charge in [0.25, 0.3) is 0 Å². The van der Waals surface area contributed by atoms with E-state index in [2.05, 4.69) is 5.32 Å². The van der Waals surface area contributed by atoms with Crippen molar-refractivity contribution in [2.75, 3.05) is 6.61 Å². The van der Waals surface area contributed by atoms with Gasteiger partial charge in [-0.1, -0.05) is 18.2 Å². The highest BCUT2D eigenvalue weighted by molar-refractivity contribution is 6.00. The maximum absolute atomic E-state index is 12.0. The predicted molar refractivity (Wildman–Crippen MR) is 93.3 cm³/mol. The van der Waals surface area contributed by atoms with E-state index in [1.54, 1.807) is 31.2 Å². The van der Waals surface area contributed by atoms with Gasteiger partial charge in [-0.2, -0.15) is 0 Å². The van der Waals surface area contributed by atoms with Crippen molar-refractivity contribution in [3.63, 3.8) is 0 Å². The highest BCUT2D eigenvalue weighted by atomic mass is 16.5. The van der Waals surface area contributed by atoms with Crippen molar-refractivity contribution in [2.24, 2.45) is 0 Å². The van der Waals surface area contributed by atoms with Crippen molar-refractivity contribution in [1.29, 1.82) is 0 Å². The molecule has 0 fully saturated rings. The molecule has 0 saturated heterocycles. The molecule has 4 amide bonds. The summed E-state index contributed by atoms with van der Waals surface area (Å²) in [5, 5.41) is 3.95. The Morgan fingerprint density at radius 3 is 2.62 bits per heavy atom. The normalized spacial score (nSPS) is 13.1. The largest absolute Gasteiger partial charge is 0.493 e. The maximum atomic E-state index is 12.0. The van der Waals surface area contributed by atoms with Crippen LogP contribution in [0.15, 0.2) is 42.5 Å². The number of imide groups is 2. The lowest BCUT2D eigenvalue weighted by Crippen LogP contribution is -2.40. The van der Waals surface area contributed by atoms with Gasteiger partial charge in [0.2, 0.25) is 12.3 Å². The van der Waals surface area contributed by atoms with Crippen molar-refractivity contribution in [1.82, 2.24) is 10.6 Å². The summed E-state index contributed by atoms with van der Waals surface area (Å²) in [6.07, 6.45) is 1.12. The number of ether oxygens (including phenoxy) is 2. The summed E-state index contributed by atoms with van der Waals surface area (Å²) >= 11 is 0. The molecule has 1 aliphatic heterocycles. The van der Waals surface area contributed by atoms with E-state index < -0.39 is 17.9 Å². The Morgan fingerprint density at radius 1 is 1.15 bits per heavy atom. The zero-order chi connectivity index (χ0) is 18.5. The van der Waals surface area contributed by atoms with E-state index in [0.717, 1.165) is 12.2 Å². The van der Waals surface area contributed by atoms with Crippen LogP contribution in [0, 0.1) is 0 Å². The standard InChI is InChI=1S/C19H18N2O5/c1-12(18(23)21-19(24)20-11-22)13-2-5-15(6-3-13)26-16-7-4-14-8-9-25-17(14)10-16/h2-7,10-12H,8-9H2,1H3,(H2,20,21,22,23,24). The summed E-state index contributed by atoms with van der Waals surface area (Å²) in [6, 6.07) is 11.9. The SMILES string of the molecule is CC(C(=O)NC(=O)NC=O)c1ccc(Oc2ccc3c(c2)OCC3)cc1. The zero-order valence-corrected chi connectivity index (χ0v) is 14.2. The maximum Gasteiger partial charge on any atom is 0.327 e. The topological polar surface area (TPSA) is 93.7 Å². The van der Waals surface area contributed by atoms with E-state index in [4.69, 9.17) is 9.47 Å². The molecule has 0 radical (unpaired) electrons. The molecule has 1 atom stereocenters. The van der Waals surface area contributed by atoms with Crippen LogP contribution in [0.4, 0.5) is 4.79 Å². The molecule has 1 heterocycles.